The Morgan fingerprint density at radius 1 is 1.12 bits per heavy atom. The summed E-state index contributed by atoms with van der Waals surface area (Å²) in [7, 11) is -3.83. The van der Waals surface area contributed by atoms with Crippen LogP contribution in [-0.4, -0.2) is 36.9 Å². The van der Waals surface area contributed by atoms with Crippen molar-refractivity contribution >= 4 is 33.8 Å². The second kappa shape index (κ2) is 9.36. The van der Waals surface area contributed by atoms with Crippen molar-refractivity contribution in [3.05, 3.63) is 64.9 Å². The lowest BCUT2D eigenvalue weighted by atomic mass is 9.97. The Bertz CT molecular complexity index is 1270. The number of hydrogen-bond donors (Lipinski definition) is 1. The van der Waals surface area contributed by atoms with E-state index in [0.717, 1.165) is 16.8 Å². The number of carbonyl (C=O) groups excluding carboxylic acids is 1. The Hall–Kier alpha value is -3.17. The molecule has 33 heavy (non-hydrogen) atoms. The van der Waals surface area contributed by atoms with E-state index in [1.807, 2.05) is 32.0 Å². The van der Waals surface area contributed by atoms with Gasteiger partial charge < -0.3 is 14.3 Å². The molecule has 1 amide bonds. The molecule has 8 nitrogen and oxygen atoms in total. The van der Waals surface area contributed by atoms with Gasteiger partial charge >= 0.3 is 0 Å². The zero-order valence-corrected chi connectivity index (χ0v) is 19.7. The normalized spacial score (nSPS) is 15.8. The van der Waals surface area contributed by atoms with Crippen molar-refractivity contribution in [3.8, 4) is 0 Å². The molecule has 3 aromatic rings. The van der Waals surface area contributed by atoms with Crippen molar-refractivity contribution in [1.82, 2.24) is 9.46 Å². The zero-order chi connectivity index (χ0) is 23.6. The van der Waals surface area contributed by atoms with Crippen LogP contribution in [0.25, 0.3) is 12.2 Å². The predicted molar refractivity (Wildman–Crippen MR) is 125 cm³/mol. The van der Waals surface area contributed by atoms with Gasteiger partial charge in [-0.15, -0.1) is 0 Å². The lowest BCUT2D eigenvalue weighted by Gasteiger charge is -2.30. The number of furan rings is 1. The van der Waals surface area contributed by atoms with Crippen molar-refractivity contribution in [3.63, 3.8) is 0 Å². The zero-order valence-electron chi connectivity index (χ0n) is 18.9. The van der Waals surface area contributed by atoms with Crippen molar-refractivity contribution in [2.24, 2.45) is 5.92 Å². The van der Waals surface area contributed by atoms with Gasteiger partial charge in [-0.3, -0.25) is 4.79 Å². The van der Waals surface area contributed by atoms with Gasteiger partial charge in [-0.2, -0.15) is 4.31 Å². The summed E-state index contributed by atoms with van der Waals surface area (Å²) >= 11 is 0. The number of amides is 1. The topological polar surface area (TPSA) is 106 Å². The van der Waals surface area contributed by atoms with Crippen molar-refractivity contribution in [2.45, 2.75) is 38.5 Å². The Morgan fingerprint density at radius 2 is 1.88 bits per heavy atom. The second-order valence-electron chi connectivity index (χ2n) is 8.28. The van der Waals surface area contributed by atoms with E-state index in [0.29, 0.717) is 24.3 Å². The van der Waals surface area contributed by atoms with Crippen LogP contribution >= 0.6 is 0 Å². The third-order valence-electron chi connectivity index (χ3n) is 5.97. The van der Waals surface area contributed by atoms with Crippen molar-refractivity contribution in [2.75, 3.05) is 18.4 Å². The summed E-state index contributed by atoms with van der Waals surface area (Å²) in [6, 6.07) is 9.29. The number of benzene rings is 1. The molecule has 0 spiro atoms. The third-order valence-corrected chi connectivity index (χ3v) is 8.03. The van der Waals surface area contributed by atoms with Gasteiger partial charge in [-0.1, -0.05) is 11.2 Å². The Kier molecular flexibility index (Phi) is 6.53. The van der Waals surface area contributed by atoms with Crippen LogP contribution < -0.4 is 5.32 Å². The maximum atomic E-state index is 13.4. The molecule has 1 saturated heterocycles. The van der Waals surface area contributed by atoms with Crippen LogP contribution in [-0.2, 0) is 14.8 Å². The van der Waals surface area contributed by atoms with Gasteiger partial charge in [0.1, 0.15) is 11.5 Å². The molecule has 0 atom stereocenters. The molecule has 0 unspecified atom stereocenters. The largest absolute Gasteiger partial charge is 0.465 e. The van der Waals surface area contributed by atoms with Crippen LogP contribution in [0.15, 0.2) is 50.4 Å². The Balaban J connectivity index is 1.43. The summed E-state index contributed by atoms with van der Waals surface area (Å²) in [6.45, 7) is 6.12. The summed E-state index contributed by atoms with van der Waals surface area (Å²) < 4.78 is 38.6. The van der Waals surface area contributed by atoms with E-state index in [1.165, 1.54) is 16.6 Å². The third kappa shape index (κ3) is 4.94. The molecule has 1 fully saturated rings. The Labute approximate surface area is 193 Å². The first-order chi connectivity index (χ1) is 15.8. The number of carbonyl (C=O) groups is 1. The fourth-order valence-corrected chi connectivity index (χ4v) is 5.61. The van der Waals surface area contributed by atoms with E-state index in [2.05, 4.69) is 10.5 Å². The first kappa shape index (κ1) is 23.0. The van der Waals surface area contributed by atoms with Gasteiger partial charge in [-0.25, -0.2) is 8.42 Å². The first-order valence-corrected chi connectivity index (χ1v) is 12.3. The van der Waals surface area contributed by atoms with Crippen LogP contribution in [0, 0.1) is 26.7 Å². The summed E-state index contributed by atoms with van der Waals surface area (Å²) in [4.78, 5) is 12.8. The highest BCUT2D eigenvalue weighted by Crippen LogP contribution is 2.29. The van der Waals surface area contributed by atoms with Gasteiger partial charge in [-0.05, 0) is 81.2 Å². The van der Waals surface area contributed by atoms with Crippen LogP contribution in [0.2, 0.25) is 0 Å². The minimum Gasteiger partial charge on any atom is -0.465 e. The molecule has 4 rings (SSSR count). The van der Waals surface area contributed by atoms with E-state index in [-0.39, 0.29) is 35.6 Å². The SMILES string of the molecule is Cc1ccc(NC(=O)C2CCN(S(=O)(=O)c3c(C)noc3/C=C/c3ccco3)CC2)cc1C. The number of rotatable bonds is 6. The monoisotopic (exact) mass is 469 g/mol. The van der Waals surface area contributed by atoms with Crippen molar-refractivity contribution < 1.29 is 22.2 Å². The molecule has 9 heteroatoms. The molecule has 0 bridgehead atoms. The van der Waals surface area contributed by atoms with E-state index in [9.17, 15) is 13.2 Å². The van der Waals surface area contributed by atoms with E-state index < -0.39 is 10.0 Å². The lowest BCUT2D eigenvalue weighted by molar-refractivity contribution is -0.120. The summed E-state index contributed by atoms with van der Waals surface area (Å²) in [5, 5.41) is 6.81. The first-order valence-electron chi connectivity index (χ1n) is 10.8. The molecule has 174 valence electrons. The van der Waals surface area contributed by atoms with Crippen LogP contribution in [0.1, 0.15) is 41.2 Å². The number of aromatic nitrogens is 1. The molecular weight excluding hydrogens is 442 g/mol. The molecule has 0 aliphatic carbocycles. The molecule has 0 radical (unpaired) electrons. The molecule has 3 heterocycles. The molecule has 1 aliphatic rings. The van der Waals surface area contributed by atoms with E-state index in [1.54, 1.807) is 25.1 Å². The quantitative estimate of drug-likeness (QED) is 0.574. The molecule has 1 N–H and O–H groups in total. The van der Waals surface area contributed by atoms with Crippen LogP contribution in [0.3, 0.4) is 0 Å². The molecule has 0 saturated carbocycles. The fraction of sp³-hybridized carbons (Fsp3) is 0.333. The number of piperidine rings is 1. The van der Waals surface area contributed by atoms with E-state index >= 15 is 0 Å². The smallest absolute Gasteiger partial charge is 0.248 e. The standard InChI is InChI=1S/C24H27N3O5S/c1-16-6-7-20(15-17(16)2)25-24(28)19-10-12-27(13-11-19)33(29,30)23-18(3)26-32-22(23)9-8-21-5-4-14-31-21/h4-9,14-15,19H,10-13H2,1-3H3,(H,25,28)/b9-8+. The minimum absolute atomic E-state index is 0.0448. The molecule has 1 aromatic carbocycles. The Morgan fingerprint density at radius 3 is 2.55 bits per heavy atom. The number of nitrogens with one attached hydrogen (secondary N) is 1. The highest BCUT2D eigenvalue weighted by molar-refractivity contribution is 7.89. The maximum absolute atomic E-state index is 13.4. The summed E-state index contributed by atoms with van der Waals surface area (Å²) in [5.74, 6) is 0.389. The van der Waals surface area contributed by atoms with Gasteiger partial charge in [0.15, 0.2) is 10.7 Å². The predicted octanol–water partition coefficient (Wildman–Crippen LogP) is 4.40. The average Bonchev–Trinajstić information content (AvgIpc) is 3.44. The van der Waals surface area contributed by atoms with Crippen LogP contribution in [0.5, 0.6) is 0 Å². The number of nitrogens with zero attached hydrogens (tertiary/aromatic N) is 2. The maximum Gasteiger partial charge on any atom is 0.248 e. The molecule has 2 aromatic heterocycles. The fourth-order valence-electron chi connectivity index (χ4n) is 3.89. The summed E-state index contributed by atoms with van der Waals surface area (Å²) in [6.07, 6.45) is 5.58. The highest BCUT2D eigenvalue weighted by Gasteiger charge is 2.36. The van der Waals surface area contributed by atoms with Gasteiger partial charge in [0.05, 0.1) is 6.26 Å². The highest BCUT2D eigenvalue weighted by atomic mass is 32.2. The number of sulfonamides is 1. The second-order valence-corrected chi connectivity index (χ2v) is 10.2. The minimum atomic E-state index is -3.83. The molecule has 1 aliphatic heterocycles. The van der Waals surface area contributed by atoms with E-state index in [4.69, 9.17) is 8.94 Å². The number of aryl methyl sites for hydroxylation is 3. The van der Waals surface area contributed by atoms with Crippen LogP contribution in [0.4, 0.5) is 5.69 Å². The molecular formula is C24H27N3O5S. The lowest BCUT2D eigenvalue weighted by Crippen LogP contribution is -2.41. The summed E-state index contributed by atoms with van der Waals surface area (Å²) in [5.41, 5.74) is 3.32. The van der Waals surface area contributed by atoms with Gasteiger partial charge in [0.25, 0.3) is 0 Å². The van der Waals surface area contributed by atoms with Crippen molar-refractivity contribution in [1.29, 1.82) is 0 Å². The number of anilines is 1. The average molecular weight is 470 g/mol. The number of hydrogen-bond acceptors (Lipinski definition) is 6. The van der Waals surface area contributed by atoms with Gasteiger partial charge in [0.2, 0.25) is 15.9 Å². The van der Waals surface area contributed by atoms with Gasteiger partial charge in [0, 0.05) is 24.7 Å².